The lowest BCUT2D eigenvalue weighted by atomic mass is 10.1. The summed E-state index contributed by atoms with van der Waals surface area (Å²) < 4.78 is 1.92. The molecule has 2 atom stereocenters. The molecule has 0 spiro atoms. The Morgan fingerprint density at radius 1 is 1.04 bits per heavy atom. The fourth-order valence-corrected chi connectivity index (χ4v) is 3.74. The number of anilines is 2. The first-order valence-corrected chi connectivity index (χ1v) is 9.73. The van der Waals surface area contributed by atoms with E-state index in [1.807, 2.05) is 30.8 Å². The summed E-state index contributed by atoms with van der Waals surface area (Å²) in [6.45, 7) is 6.80. The van der Waals surface area contributed by atoms with Crippen LogP contribution in [-0.4, -0.2) is 42.5 Å². The second-order valence-corrected chi connectivity index (χ2v) is 7.56. The van der Waals surface area contributed by atoms with Crippen molar-refractivity contribution in [2.45, 2.75) is 46.1 Å². The Bertz CT molecular complexity index is 916. The number of rotatable bonds is 6. The van der Waals surface area contributed by atoms with Crippen molar-refractivity contribution in [1.29, 1.82) is 0 Å². The van der Waals surface area contributed by atoms with E-state index in [1.54, 1.807) is 6.20 Å². The molecule has 8 heteroatoms. The maximum atomic E-state index is 4.58. The fourth-order valence-electron chi connectivity index (χ4n) is 3.74. The van der Waals surface area contributed by atoms with Gasteiger partial charge in [-0.25, -0.2) is 14.6 Å². The van der Waals surface area contributed by atoms with Crippen LogP contribution in [0.2, 0.25) is 0 Å². The first-order chi connectivity index (χ1) is 13.6. The van der Waals surface area contributed by atoms with Crippen molar-refractivity contribution in [2.24, 2.45) is 5.92 Å². The van der Waals surface area contributed by atoms with Crippen LogP contribution in [0.25, 0.3) is 5.69 Å². The van der Waals surface area contributed by atoms with Gasteiger partial charge >= 0.3 is 0 Å². The van der Waals surface area contributed by atoms with Gasteiger partial charge in [0.15, 0.2) is 0 Å². The third-order valence-corrected chi connectivity index (χ3v) is 5.12. The van der Waals surface area contributed by atoms with Crippen molar-refractivity contribution in [3.63, 3.8) is 0 Å². The molecule has 28 heavy (non-hydrogen) atoms. The number of hydrogen-bond acceptors (Lipinski definition) is 7. The minimum Gasteiger partial charge on any atom is -0.367 e. The molecule has 8 nitrogen and oxygen atoms in total. The van der Waals surface area contributed by atoms with Crippen molar-refractivity contribution in [3.05, 3.63) is 47.7 Å². The van der Waals surface area contributed by atoms with Crippen molar-refractivity contribution in [3.8, 4) is 5.69 Å². The molecule has 1 aliphatic carbocycles. The Morgan fingerprint density at radius 2 is 1.93 bits per heavy atom. The molecule has 3 aromatic rings. The van der Waals surface area contributed by atoms with Crippen LogP contribution in [0.4, 0.5) is 11.8 Å². The van der Waals surface area contributed by atoms with E-state index in [4.69, 9.17) is 0 Å². The second-order valence-electron chi connectivity index (χ2n) is 7.56. The molecule has 0 bridgehead atoms. The number of pyridine rings is 1. The standard InChI is InChI=1S/C20H26N8/c1-13-8-15(3)28(27-13)18-6-7-19(21-12-18)24-17-5-4-16(9-17)11-23-20-22-10-14(2)25-26-20/h6-8,10,12,16-17H,4-5,9,11H2,1-3H3,(H,21,24)(H,22,23,26)/t16?,17-/m0/s1. The van der Waals surface area contributed by atoms with E-state index < -0.39 is 0 Å². The predicted molar refractivity (Wildman–Crippen MR) is 109 cm³/mol. The monoisotopic (exact) mass is 378 g/mol. The van der Waals surface area contributed by atoms with Gasteiger partial charge in [0.25, 0.3) is 0 Å². The van der Waals surface area contributed by atoms with E-state index in [2.05, 4.69) is 55.0 Å². The van der Waals surface area contributed by atoms with Crippen molar-refractivity contribution < 1.29 is 0 Å². The average molecular weight is 378 g/mol. The molecule has 3 heterocycles. The number of aryl methyl sites for hydroxylation is 3. The van der Waals surface area contributed by atoms with Crippen LogP contribution in [0.15, 0.2) is 30.6 Å². The summed E-state index contributed by atoms with van der Waals surface area (Å²) in [5.41, 5.74) is 3.93. The highest BCUT2D eigenvalue weighted by Crippen LogP contribution is 2.28. The number of nitrogens with one attached hydrogen (secondary N) is 2. The SMILES string of the molecule is Cc1cnc(NCC2CC[C@H](Nc3ccc(-n4nc(C)cc4C)cn3)C2)nn1. The van der Waals surface area contributed by atoms with Gasteiger partial charge in [-0.15, -0.1) is 5.10 Å². The van der Waals surface area contributed by atoms with Gasteiger partial charge in [0.2, 0.25) is 5.95 Å². The Hall–Kier alpha value is -3.03. The van der Waals surface area contributed by atoms with Gasteiger partial charge in [0.1, 0.15) is 5.82 Å². The van der Waals surface area contributed by atoms with Gasteiger partial charge in [0, 0.05) is 18.3 Å². The zero-order chi connectivity index (χ0) is 19.5. The minimum absolute atomic E-state index is 0.441. The zero-order valence-corrected chi connectivity index (χ0v) is 16.6. The van der Waals surface area contributed by atoms with Gasteiger partial charge < -0.3 is 10.6 Å². The molecule has 3 aromatic heterocycles. The molecule has 0 aromatic carbocycles. The Kier molecular flexibility index (Phi) is 5.18. The van der Waals surface area contributed by atoms with Gasteiger partial charge in [-0.2, -0.15) is 10.2 Å². The molecule has 1 saturated carbocycles. The predicted octanol–water partition coefficient (Wildman–Crippen LogP) is 3.07. The van der Waals surface area contributed by atoms with Crippen LogP contribution in [0.5, 0.6) is 0 Å². The van der Waals surface area contributed by atoms with Gasteiger partial charge in [0.05, 0.1) is 29.5 Å². The molecule has 0 saturated heterocycles. The Balaban J connectivity index is 1.29. The lowest BCUT2D eigenvalue weighted by Crippen LogP contribution is -2.19. The molecule has 2 N–H and O–H groups in total. The van der Waals surface area contributed by atoms with Gasteiger partial charge in [-0.3, -0.25) is 0 Å². The summed E-state index contributed by atoms with van der Waals surface area (Å²) in [6.07, 6.45) is 7.02. The molecule has 0 radical (unpaired) electrons. The Morgan fingerprint density at radius 3 is 2.61 bits per heavy atom. The third-order valence-electron chi connectivity index (χ3n) is 5.12. The van der Waals surface area contributed by atoms with Crippen LogP contribution in [0, 0.1) is 26.7 Å². The molecule has 1 fully saturated rings. The molecule has 4 rings (SSSR count). The van der Waals surface area contributed by atoms with Crippen LogP contribution in [0.1, 0.15) is 36.3 Å². The smallest absolute Gasteiger partial charge is 0.242 e. The molecule has 0 aliphatic heterocycles. The summed E-state index contributed by atoms with van der Waals surface area (Å²) in [4.78, 5) is 8.83. The maximum Gasteiger partial charge on any atom is 0.242 e. The second kappa shape index (κ2) is 7.92. The topological polar surface area (TPSA) is 93.4 Å². The summed E-state index contributed by atoms with van der Waals surface area (Å²) in [5.74, 6) is 2.11. The van der Waals surface area contributed by atoms with E-state index in [-0.39, 0.29) is 0 Å². The summed E-state index contributed by atoms with van der Waals surface area (Å²) in [7, 11) is 0. The van der Waals surface area contributed by atoms with E-state index in [0.717, 1.165) is 48.0 Å². The van der Waals surface area contributed by atoms with Crippen LogP contribution >= 0.6 is 0 Å². The highest BCUT2D eigenvalue weighted by atomic mass is 15.3. The Labute approximate surface area is 164 Å². The zero-order valence-electron chi connectivity index (χ0n) is 16.6. The van der Waals surface area contributed by atoms with E-state index >= 15 is 0 Å². The van der Waals surface area contributed by atoms with Crippen LogP contribution < -0.4 is 10.6 Å². The van der Waals surface area contributed by atoms with E-state index in [9.17, 15) is 0 Å². The lowest BCUT2D eigenvalue weighted by molar-refractivity contribution is 0.569. The van der Waals surface area contributed by atoms with Gasteiger partial charge in [-0.1, -0.05) is 0 Å². The van der Waals surface area contributed by atoms with E-state index in [1.165, 1.54) is 6.42 Å². The van der Waals surface area contributed by atoms with E-state index in [0.29, 0.717) is 17.9 Å². The van der Waals surface area contributed by atoms with Crippen molar-refractivity contribution >= 4 is 11.8 Å². The number of aromatic nitrogens is 6. The average Bonchev–Trinajstić information content (AvgIpc) is 3.27. The molecular weight excluding hydrogens is 352 g/mol. The lowest BCUT2D eigenvalue weighted by Gasteiger charge is -2.15. The molecule has 0 amide bonds. The largest absolute Gasteiger partial charge is 0.367 e. The maximum absolute atomic E-state index is 4.58. The first kappa shape index (κ1) is 18.3. The minimum atomic E-state index is 0.441. The fraction of sp³-hybridized carbons (Fsp3) is 0.450. The molecule has 146 valence electrons. The molecular formula is C20H26N8. The quantitative estimate of drug-likeness (QED) is 0.681. The number of hydrogen-bond donors (Lipinski definition) is 2. The summed E-state index contributed by atoms with van der Waals surface area (Å²) >= 11 is 0. The van der Waals surface area contributed by atoms with Crippen molar-refractivity contribution in [1.82, 2.24) is 29.9 Å². The molecule has 1 unspecified atom stereocenters. The summed E-state index contributed by atoms with van der Waals surface area (Å²) in [5, 5.41) is 19.5. The summed E-state index contributed by atoms with van der Waals surface area (Å²) in [6, 6.07) is 6.60. The van der Waals surface area contributed by atoms with Crippen LogP contribution in [-0.2, 0) is 0 Å². The van der Waals surface area contributed by atoms with Crippen LogP contribution in [0.3, 0.4) is 0 Å². The highest BCUT2D eigenvalue weighted by molar-refractivity contribution is 5.42. The van der Waals surface area contributed by atoms with Crippen molar-refractivity contribution in [2.75, 3.05) is 17.2 Å². The molecule has 1 aliphatic rings. The van der Waals surface area contributed by atoms with Gasteiger partial charge in [-0.05, 0) is 64.2 Å². The highest BCUT2D eigenvalue weighted by Gasteiger charge is 2.25. The first-order valence-electron chi connectivity index (χ1n) is 9.73. The normalized spacial score (nSPS) is 19.0. The third kappa shape index (κ3) is 4.27. The number of nitrogens with zero attached hydrogens (tertiary/aromatic N) is 6.